The van der Waals surface area contributed by atoms with E-state index in [2.05, 4.69) is 0 Å². The molecular weight excluding hydrogens is 351 g/mol. The van der Waals surface area contributed by atoms with Crippen molar-refractivity contribution in [2.45, 2.75) is 17.6 Å². The maximum atomic E-state index is 13.9. The number of aliphatic hydroxyl groups excluding tert-OH is 1. The third-order valence-corrected chi connectivity index (χ3v) is 7.58. The molecular formula is C20H19O5P. The van der Waals surface area contributed by atoms with Crippen LogP contribution in [0.1, 0.15) is 11.4 Å². The van der Waals surface area contributed by atoms with Crippen LogP contribution in [-0.2, 0) is 9.09 Å². The van der Waals surface area contributed by atoms with Crippen molar-refractivity contribution in [2.75, 3.05) is 7.11 Å². The molecule has 0 fully saturated rings. The van der Waals surface area contributed by atoms with E-state index in [-0.39, 0.29) is 11.5 Å². The van der Waals surface area contributed by atoms with E-state index in [0.29, 0.717) is 5.56 Å². The fourth-order valence-corrected chi connectivity index (χ4v) is 6.13. The average molecular weight is 370 g/mol. The number of fused-ring (bicyclic) bond motifs is 2. The van der Waals surface area contributed by atoms with Gasteiger partial charge in [-0.1, -0.05) is 54.7 Å². The highest BCUT2D eigenvalue weighted by molar-refractivity contribution is 7.60. The van der Waals surface area contributed by atoms with Crippen LogP contribution in [0.4, 0.5) is 0 Å². The van der Waals surface area contributed by atoms with Crippen LogP contribution in [-0.4, -0.2) is 29.1 Å². The molecule has 4 unspecified atom stereocenters. The van der Waals surface area contributed by atoms with Gasteiger partial charge in [0, 0.05) is 0 Å². The number of methoxy groups -OCH3 is 1. The number of aliphatic hydroxyl groups is 1. The molecule has 0 bridgehead atoms. The van der Waals surface area contributed by atoms with E-state index in [1.807, 2.05) is 48.6 Å². The molecule has 0 amide bonds. The minimum Gasteiger partial charge on any atom is -0.504 e. The summed E-state index contributed by atoms with van der Waals surface area (Å²) in [5.74, 6) is -1.18. The summed E-state index contributed by atoms with van der Waals surface area (Å²) >= 11 is 0. The van der Waals surface area contributed by atoms with Crippen LogP contribution in [0.3, 0.4) is 0 Å². The Morgan fingerprint density at radius 2 is 1.85 bits per heavy atom. The standard InChI is InChI=1S/C20H19O5P/c1-24-18-12-13(10-11-16(18)21)20(22)26(23)19-9-5-3-7-15(19)14-6-2-4-8-17(14)25-26/h2-12,17,19-22H,1H3. The summed E-state index contributed by atoms with van der Waals surface area (Å²) in [4.78, 5) is 0. The molecule has 0 saturated heterocycles. The van der Waals surface area contributed by atoms with Crippen molar-refractivity contribution in [1.82, 2.24) is 0 Å². The zero-order valence-corrected chi connectivity index (χ0v) is 15.0. The van der Waals surface area contributed by atoms with Crippen LogP contribution >= 0.6 is 7.37 Å². The Bertz CT molecular complexity index is 938. The predicted molar refractivity (Wildman–Crippen MR) is 99.5 cm³/mol. The van der Waals surface area contributed by atoms with Crippen molar-refractivity contribution in [2.24, 2.45) is 0 Å². The van der Waals surface area contributed by atoms with Crippen LogP contribution in [0.2, 0.25) is 0 Å². The van der Waals surface area contributed by atoms with E-state index < -0.39 is 25.0 Å². The number of hydrogen-bond donors (Lipinski definition) is 2. The molecule has 4 rings (SSSR count). The molecule has 0 radical (unpaired) electrons. The lowest BCUT2D eigenvalue weighted by Crippen LogP contribution is -2.29. The summed E-state index contributed by atoms with van der Waals surface area (Å²) in [7, 11) is -2.13. The first kappa shape index (κ1) is 17.1. The number of phenolic OH excluding ortho intramolecular Hbond substituents is 1. The molecule has 0 saturated carbocycles. The summed E-state index contributed by atoms with van der Waals surface area (Å²) in [6.45, 7) is 0. The zero-order valence-electron chi connectivity index (χ0n) is 14.1. The average Bonchev–Trinajstić information content (AvgIpc) is 2.68. The number of benzene rings is 1. The molecule has 2 N–H and O–H groups in total. The van der Waals surface area contributed by atoms with Crippen molar-refractivity contribution in [3.63, 3.8) is 0 Å². The number of hydrogen-bond acceptors (Lipinski definition) is 5. The van der Waals surface area contributed by atoms with E-state index in [4.69, 9.17) is 9.26 Å². The first-order chi connectivity index (χ1) is 12.5. The Morgan fingerprint density at radius 1 is 1.12 bits per heavy atom. The fourth-order valence-electron chi connectivity index (χ4n) is 3.50. The summed E-state index contributed by atoms with van der Waals surface area (Å²) in [6.07, 6.45) is 14.5. The summed E-state index contributed by atoms with van der Waals surface area (Å²) in [5.41, 5.74) is 1.71. The molecule has 2 aliphatic carbocycles. The number of phenols is 1. The minimum atomic E-state index is -3.56. The molecule has 3 aliphatic rings. The van der Waals surface area contributed by atoms with Gasteiger partial charge >= 0.3 is 0 Å². The smallest absolute Gasteiger partial charge is 0.246 e. The van der Waals surface area contributed by atoms with Crippen molar-refractivity contribution < 1.29 is 24.0 Å². The number of aromatic hydroxyl groups is 1. The lowest BCUT2D eigenvalue weighted by molar-refractivity contribution is 0.194. The lowest BCUT2D eigenvalue weighted by Gasteiger charge is -2.40. The Hall–Kier alpha value is -2.33. The Balaban J connectivity index is 1.80. The monoisotopic (exact) mass is 370 g/mol. The quantitative estimate of drug-likeness (QED) is 0.787. The van der Waals surface area contributed by atoms with Crippen LogP contribution in [0, 0.1) is 0 Å². The number of rotatable bonds is 3. The second-order valence-electron chi connectivity index (χ2n) is 6.32. The van der Waals surface area contributed by atoms with E-state index in [1.54, 1.807) is 0 Å². The first-order valence-corrected chi connectivity index (χ1v) is 10.1. The normalized spacial score (nSPS) is 30.1. The molecule has 0 spiro atoms. The van der Waals surface area contributed by atoms with Gasteiger partial charge in [-0.3, -0.25) is 4.57 Å². The van der Waals surface area contributed by atoms with Gasteiger partial charge in [0.1, 0.15) is 6.10 Å². The van der Waals surface area contributed by atoms with Gasteiger partial charge in [0.15, 0.2) is 17.3 Å². The number of allylic oxidation sites excluding steroid dienone is 7. The van der Waals surface area contributed by atoms with Crippen LogP contribution < -0.4 is 4.74 Å². The van der Waals surface area contributed by atoms with Crippen LogP contribution in [0.5, 0.6) is 11.5 Å². The van der Waals surface area contributed by atoms with Crippen molar-refractivity contribution in [1.29, 1.82) is 0 Å². The molecule has 0 aromatic heterocycles. The van der Waals surface area contributed by atoms with Gasteiger partial charge in [0.05, 0.1) is 12.8 Å². The molecule has 1 aliphatic heterocycles. The molecule has 6 heteroatoms. The van der Waals surface area contributed by atoms with Gasteiger partial charge in [0.2, 0.25) is 7.37 Å². The van der Waals surface area contributed by atoms with Gasteiger partial charge in [0.25, 0.3) is 0 Å². The van der Waals surface area contributed by atoms with Gasteiger partial charge in [-0.25, -0.2) is 0 Å². The van der Waals surface area contributed by atoms with E-state index in [1.165, 1.54) is 25.3 Å². The molecule has 26 heavy (non-hydrogen) atoms. The van der Waals surface area contributed by atoms with Gasteiger partial charge in [-0.2, -0.15) is 0 Å². The Labute approximate surface area is 151 Å². The topological polar surface area (TPSA) is 76.0 Å². The second-order valence-corrected chi connectivity index (χ2v) is 8.87. The maximum absolute atomic E-state index is 13.9. The molecule has 1 heterocycles. The van der Waals surface area contributed by atoms with Crippen molar-refractivity contribution in [3.05, 3.63) is 83.5 Å². The van der Waals surface area contributed by atoms with Gasteiger partial charge in [-0.05, 0) is 28.8 Å². The second kappa shape index (κ2) is 6.44. The van der Waals surface area contributed by atoms with E-state index >= 15 is 0 Å². The molecule has 134 valence electrons. The maximum Gasteiger partial charge on any atom is 0.246 e. The Morgan fingerprint density at radius 3 is 2.62 bits per heavy atom. The SMILES string of the molecule is COc1cc(C(O)P2(=O)OC3C=CC=CC3=C3C=CC=CC32)ccc1O. The molecule has 1 aromatic rings. The van der Waals surface area contributed by atoms with Crippen LogP contribution in [0.15, 0.2) is 78.0 Å². The lowest BCUT2D eigenvalue weighted by atomic mass is 9.94. The van der Waals surface area contributed by atoms with E-state index in [0.717, 1.165) is 11.1 Å². The molecule has 5 nitrogen and oxygen atoms in total. The van der Waals surface area contributed by atoms with E-state index in [9.17, 15) is 14.8 Å². The van der Waals surface area contributed by atoms with Crippen LogP contribution in [0.25, 0.3) is 0 Å². The first-order valence-electron chi connectivity index (χ1n) is 8.31. The summed E-state index contributed by atoms with van der Waals surface area (Å²) in [6, 6.07) is 4.43. The highest BCUT2D eigenvalue weighted by Crippen LogP contribution is 2.69. The third-order valence-electron chi connectivity index (χ3n) is 4.82. The summed E-state index contributed by atoms with van der Waals surface area (Å²) in [5, 5.41) is 20.8. The minimum absolute atomic E-state index is 0.0463. The highest BCUT2D eigenvalue weighted by atomic mass is 31.2. The predicted octanol–water partition coefficient (Wildman–Crippen LogP) is 3.99. The zero-order chi connectivity index (χ0) is 18.3. The number of ether oxygens (including phenoxy) is 1. The third kappa shape index (κ3) is 2.60. The van der Waals surface area contributed by atoms with Crippen molar-refractivity contribution >= 4 is 7.37 Å². The van der Waals surface area contributed by atoms with Crippen molar-refractivity contribution in [3.8, 4) is 11.5 Å². The molecule has 1 aromatic carbocycles. The summed E-state index contributed by atoms with van der Waals surface area (Å²) < 4.78 is 25.0. The Kier molecular flexibility index (Phi) is 4.23. The van der Waals surface area contributed by atoms with Gasteiger partial charge < -0.3 is 19.5 Å². The largest absolute Gasteiger partial charge is 0.504 e. The highest BCUT2D eigenvalue weighted by Gasteiger charge is 2.48. The molecule has 4 atom stereocenters. The fraction of sp³-hybridized carbons (Fsp3) is 0.200. The van der Waals surface area contributed by atoms with Gasteiger partial charge in [-0.15, -0.1) is 0 Å².